The van der Waals surface area contributed by atoms with Crippen molar-refractivity contribution in [3.8, 4) is 11.5 Å². The molecule has 0 aliphatic rings. The quantitative estimate of drug-likeness (QED) is 0.704. The van der Waals surface area contributed by atoms with E-state index >= 15 is 0 Å². The summed E-state index contributed by atoms with van der Waals surface area (Å²) >= 11 is 0. The van der Waals surface area contributed by atoms with Gasteiger partial charge < -0.3 is 10.5 Å². The molecular weight excluding hydrogens is 166 g/mol. The van der Waals surface area contributed by atoms with Crippen molar-refractivity contribution in [3.63, 3.8) is 0 Å². The van der Waals surface area contributed by atoms with Gasteiger partial charge in [0.1, 0.15) is 0 Å². The van der Waals surface area contributed by atoms with E-state index in [1.54, 1.807) is 18.2 Å². The zero-order valence-electron chi connectivity index (χ0n) is 7.53. The summed E-state index contributed by atoms with van der Waals surface area (Å²) in [6.45, 7) is 1.23. The van der Waals surface area contributed by atoms with Crippen LogP contribution in [0.4, 0.5) is 0 Å². The summed E-state index contributed by atoms with van der Waals surface area (Å²) in [4.78, 5) is 0. The third-order valence-corrected chi connectivity index (χ3v) is 1.71. The van der Waals surface area contributed by atoms with Crippen LogP contribution in [0, 0.1) is 0 Å². The van der Waals surface area contributed by atoms with E-state index in [-0.39, 0.29) is 5.75 Å². The van der Waals surface area contributed by atoms with Crippen LogP contribution in [-0.2, 0) is 5.11 Å². The minimum atomic E-state index is -0.0600. The topological polar surface area (TPSA) is 55.1 Å². The average Bonchev–Trinajstić information content (AvgIpc) is 2.15. The summed E-state index contributed by atoms with van der Waals surface area (Å²) in [6, 6.07) is 6.68. The maximum absolute atomic E-state index is 11.1. The molecular formula is C10H14NO2. The molecule has 0 amide bonds. The van der Waals surface area contributed by atoms with Gasteiger partial charge in [0, 0.05) is 0 Å². The molecule has 2 N–H and O–H groups in total. The molecule has 1 aromatic rings. The van der Waals surface area contributed by atoms with Gasteiger partial charge in [-0.15, -0.1) is 0 Å². The molecule has 3 nitrogen and oxygen atoms in total. The first-order chi connectivity index (χ1) is 6.34. The molecule has 0 saturated heterocycles. The molecule has 0 saturated carbocycles. The number of hydrogen-bond acceptors (Lipinski definition) is 2. The van der Waals surface area contributed by atoms with Gasteiger partial charge in [-0.1, -0.05) is 12.1 Å². The first kappa shape index (κ1) is 9.86. The Kier molecular flexibility index (Phi) is 4.12. The highest BCUT2D eigenvalue weighted by molar-refractivity contribution is 5.37. The molecule has 13 heavy (non-hydrogen) atoms. The molecule has 1 aromatic carbocycles. The second-order valence-electron chi connectivity index (χ2n) is 2.79. The second kappa shape index (κ2) is 5.43. The lowest BCUT2D eigenvalue weighted by atomic mass is 10.3. The molecule has 0 heterocycles. The van der Waals surface area contributed by atoms with E-state index in [0.29, 0.717) is 18.9 Å². The Morgan fingerprint density at radius 3 is 2.69 bits per heavy atom. The Labute approximate surface area is 78.1 Å². The molecule has 0 bridgehead atoms. The van der Waals surface area contributed by atoms with E-state index in [9.17, 15) is 5.11 Å². The van der Waals surface area contributed by atoms with Gasteiger partial charge in [-0.05, 0) is 31.5 Å². The van der Waals surface area contributed by atoms with Crippen LogP contribution in [0.2, 0.25) is 0 Å². The van der Waals surface area contributed by atoms with Crippen LogP contribution in [0.15, 0.2) is 24.3 Å². The lowest BCUT2D eigenvalue weighted by Crippen LogP contribution is -2.03. The predicted octanol–water partition coefficient (Wildman–Crippen LogP) is 1.95. The highest BCUT2D eigenvalue weighted by atomic mass is 16.5. The third-order valence-electron chi connectivity index (χ3n) is 1.71. The summed E-state index contributed by atoms with van der Waals surface area (Å²) in [5.74, 6) is 0.370. The standard InChI is InChI=1S/C10H14NO2/c11-7-3-4-8-13-10-6-2-1-5-9(10)12/h1-2,5-6H,3-4,7-8,11H2. The number of para-hydroxylation sites is 2. The summed E-state index contributed by atoms with van der Waals surface area (Å²) in [6.07, 6.45) is 1.83. The van der Waals surface area contributed by atoms with Crippen molar-refractivity contribution in [2.75, 3.05) is 13.2 Å². The normalized spacial score (nSPS) is 9.92. The molecule has 71 valence electrons. The Bertz CT molecular complexity index is 250. The lowest BCUT2D eigenvalue weighted by molar-refractivity contribution is 0.271. The number of ether oxygens (including phenoxy) is 1. The van der Waals surface area contributed by atoms with Gasteiger partial charge in [0.15, 0.2) is 5.75 Å². The summed E-state index contributed by atoms with van der Waals surface area (Å²) in [5, 5.41) is 11.1. The van der Waals surface area contributed by atoms with Gasteiger partial charge in [0.25, 0.3) is 0 Å². The molecule has 3 heteroatoms. The molecule has 0 aliphatic carbocycles. The van der Waals surface area contributed by atoms with Crippen molar-refractivity contribution in [2.24, 2.45) is 5.73 Å². The Morgan fingerprint density at radius 1 is 1.23 bits per heavy atom. The van der Waals surface area contributed by atoms with Gasteiger partial charge in [-0.3, -0.25) is 5.11 Å². The van der Waals surface area contributed by atoms with E-state index in [0.717, 1.165) is 12.8 Å². The third kappa shape index (κ3) is 3.34. The van der Waals surface area contributed by atoms with Crippen LogP contribution in [0.3, 0.4) is 0 Å². The Balaban J connectivity index is 2.32. The van der Waals surface area contributed by atoms with E-state index in [1.165, 1.54) is 6.07 Å². The lowest BCUT2D eigenvalue weighted by Gasteiger charge is -2.05. The second-order valence-corrected chi connectivity index (χ2v) is 2.79. The average molecular weight is 180 g/mol. The fourth-order valence-electron chi connectivity index (χ4n) is 0.998. The number of nitrogens with two attached hydrogens (primary N) is 1. The first-order valence-electron chi connectivity index (χ1n) is 4.43. The van der Waals surface area contributed by atoms with E-state index in [4.69, 9.17) is 10.5 Å². The highest BCUT2D eigenvalue weighted by Gasteiger charge is 2.00. The summed E-state index contributed by atoms with van der Waals surface area (Å²) < 4.78 is 5.27. The Hall–Kier alpha value is -1.22. The monoisotopic (exact) mass is 180 g/mol. The minimum Gasteiger partial charge on any atom is -0.489 e. The molecule has 1 radical (unpaired) electrons. The van der Waals surface area contributed by atoms with Crippen LogP contribution < -0.4 is 10.5 Å². The molecule has 1 rings (SSSR count). The van der Waals surface area contributed by atoms with Gasteiger partial charge in [-0.2, -0.15) is 0 Å². The fourth-order valence-corrected chi connectivity index (χ4v) is 0.998. The van der Waals surface area contributed by atoms with Gasteiger partial charge in [0.05, 0.1) is 6.61 Å². The van der Waals surface area contributed by atoms with E-state index < -0.39 is 0 Å². The first-order valence-corrected chi connectivity index (χ1v) is 4.43. The summed E-state index contributed by atoms with van der Waals surface area (Å²) in [7, 11) is 0. The van der Waals surface area contributed by atoms with Gasteiger partial charge >= 0.3 is 0 Å². The largest absolute Gasteiger partial charge is 0.489 e. The van der Waals surface area contributed by atoms with Crippen LogP contribution >= 0.6 is 0 Å². The van der Waals surface area contributed by atoms with Crippen molar-refractivity contribution >= 4 is 0 Å². The van der Waals surface area contributed by atoms with E-state index in [2.05, 4.69) is 0 Å². The van der Waals surface area contributed by atoms with Crippen molar-refractivity contribution in [2.45, 2.75) is 12.8 Å². The van der Waals surface area contributed by atoms with Crippen molar-refractivity contribution in [3.05, 3.63) is 24.3 Å². The van der Waals surface area contributed by atoms with Crippen LogP contribution in [0.5, 0.6) is 11.5 Å². The number of benzene rings is 1. The molecule has 0 aliphatic heterocycles. The van der Waals surface area contributed by atoms with Crippen molar-refractivity contribution in [1.29, 1.82) is 0 Å². The van der Waals surface area contributed by atoms with Crippen molar-refractivity contribution in [1.82, 2.24) is 0 Å². The number of rotatable bonds is 5. The van der Waals surface area contributed by atoms with Crippen molar-refractivity contribution < 1.29 is 9.84 Å². The van der Waals surface area contributed by atoms with E-state index in [1.807, 2.05) is 0 Å². The van der Waals surface area contributed by atoms with Crippen LogP contribution in [-0.4, -0.2) is 13.2 Å². The van der Waals surface area contributed by atoms with Crippen LogP contribution in [0.25, 0.3) is 0 Å². The Morgan fingerprint density at radius 2 is 2.00 bits per heavy atom. The van der Waals surface area contributed by atoms with Crippen LogP contribution in [0.1, 0.15) is 12.8 Å². The highest BCUT2D eigenvalue weighted by Crippen LogP contribution is 2.25. The van der Waals surface area contributed by atoms with Gasteiger partial charge in [0.2, 0.25) is 5.75 Å². The summed E-state index contributed by atoms with van der Waals surface area (Å²) in [5.41, 5.74) is 5.32. The number of hydrogen-bond donors (Lipinski definition) is 1. The molecule has 0 spiro atoms. The molecule has 0 atom stereocenters. The minimum absolute atomic E-state index is 0.0600. The predicted molar refractivity (Wildman–Crippen MR) is 50.4 cm³/mol. The molecule has 0 aromatic heterocycles. The maximum Gasteiger partial charge on any atom is 0.220 e. The SMILES string of the molecule is NCCCCOc1ccccc1[O]. The fraction of sp³-hybridized carbons (Fsp3) is 0.400. The zero-order chi connectivity index (χ0) is 9.52. The molecule has 0 fully saturated rings. The maximum atomic E-state index is 11.1. The van der Waals surface area contributed by atoms with Gasteiger partial charge in [-0.25, -0.2) is 0 Å². The molecule has 0 unspecified atom stereocenters. The zero-order valence-corrected chi connectivity index (χ0v) is 7.53. The smallest absolute Gasteiger partial charge is 0.220 e. The number of unbranched alkanes of at least 4 members (excludes halogenated alkanes) is 1.